The number of phenols is 1. The topological polar surface area (TPSA) is 74.2 Å². The lowest BCUT2D eigenvalue weighted by molar-refractivity contribution is -0.200. The van der Waals surface area contributed by atoms with Crippen LogP contribution in [0, 0.1) is 5.92 Å². The number of carbonyl (C=O) groups excluding carboxylic acids is 1. The molecule has 0 aromatic heterocycles. The van der Waals surface area contributed by atoms with Crippen LogP contribution < -0.4 is 4.74 Å². The molecule has 3 atom stereocenters. The van der Waals surface area contributed by atoms with Gasteiger partial charge >= 0.3 is 0 Å². The molecule has 23 heavy (non-hydrogen) atoms. The Morgan fingerprint density at radius 3 is 2.70 bits per heavy atom. The second-order valence-corrected chi connectivity index (χ2v) is 5.94. The Morgan fingerprint density at radius 1 is 1.35 bits per heavy atom. The highest BCUT2D eigenvalue weighted by Gasteiger charge is 2.51. The molecule has 1 aromatic carbocycles. The number of rotatable bonds is 3. The van der Waals surface area contributed by atoms with E-state index in [2.05, 4.69) is 0 Å². The average molecular weight is 320 g/mol. The Morgan fingerprint density at radius 2 is 2.09 bits per heavy atom. The zero-order valence-corrected chi connectivity index (χ0v) is 13.6. The van der Waals surface area contributed by atoms with Gasteiger partial charge in [0, 0.05) is 36.7 Å². The molecule has 1 saturated heterocycles. The molecule has 1 unspecified atom stereocenters. The van der Waals surface area contributed by atoms with Crippen LogP contribution in [0.3, 0.4) is 0 Å². The lowest BCUT2D eigenvalue weighted by atomic mass is 9.76. The Kier molecular flexibility index (Phi) is 3.82. The van der Waals surface area contributed by atoms with Crippen LogP contribution in [-0.4, -0.2) is 38.0 Å². The molecule has 1 heterocycles. The van der Waals surface area contributed by atoms with Gasteiger partial charge in [-0.1, -0.05) is 0 Å². The smallest absolute Gasteiger partial charge is 0.196 e. The molecule has 0 saturated carbocycles. The number of Topliss-reactive ketones (excluding diaryl/α,β-unsaturated/α-hetero) is 1. The lowest BCUT2D eigenvalue weighted by Crippen LogP contribution is -2.25. The van der Waals surface area contributed by atoms with Crippen LogP contribution in [0.15, 0.2) is 24.0 Å². The van der Waals surface area contributed by atoms with Crippen LogP contribution in [0.4, 0.5) is 0 Å². The Hall–Kier alpha value is -2.05. The van der Waals surface area contributed by atoms with Crippen LogP contribution in [0.5, 0.6) is 11.5 Å². The highest BCUT2D eigenvalue weighted by Crippen LogP contribution is 2.53. The molecule has 6 nitrogen and oxygen atoms in total. The molecule has 1 N–H and O–H groups in total. The highest BCUT2D eigenvalue weighted by molar-refractivity contribution is 6.13. The highest BCUT2D eigenvalue weighted by atomic mass is 16.7. The second-order valence-electron chi connectivity index (χ2n) is 5.94. The zero-order chi connectivity index (χ0) is 16.8. The van der Waals surface area contributed by atoms with E-state index >= 15 is 0 Å². The minimum Gasteiger partial charge on any atom is -0.507 e. The van der Waals surface area contributed by atoms with Crippen LogP contribution in [0.25, 0.3) is 0 Å². The van der Waals surface area contributed by atoms with Gasteiger partial charge in [0.1, 0.15) is 11.5 Å². The molecule has 124 valence electrons. The summed E-state index contributed by atoms with van der Waals surface area (Å²) in [4.78, 5) is 12.8. The third-order valence-corrected chi connectivity index (χ3v) is 4.56. The van der Waals surface area contributed by atoms with Crippen LogP contribution >= 0.6 is 0 Å². The van der Waals surface area contributed by atoms with E-state index in [0.717, 1.165) is 0 Å². The number of hydrogen-bond acceptors (Lipinski definition) is 6. The molecular formula is C17H20O6. The zero-order valence-electron chi connectivity index (χ0n) is 13.6. The van der Waals surface area contributed by atoms with Crippen molar-refractivity contribution in [2.75, 3.05) is 21.3 Å². The largest absolute Gasteiger partial charge is 0.507 e. The van der Waals surface area contributed by atoms with Crippen molar-refractivity contribution in [3.05, 3.63) is 35.1 Å². The van der Waals surface area contributed by atoms with Crippen molar-refractivity contribution < 1.29 is 28.8 Å². The second kappa shape index (κ2) is 5.54. The molecule has 1 aliphatic heterocycles. The third-order valence-electron chi connectivity index (χ3n) is 4.56. The van der Waals surface area contributed by atoms with E-state index in [1.807, 2.05) is 6.92 Å². The Balaban J connectivity index is 2.20. The summed E-state index contributed by atoms with van der Waals surface area (Å²) in [6.07, 6.45) is 1.54. The Bertz CT molecular complexity index is 680. The van der Waals surface area contributed by atoms with Crippen molar-refractivity contribution in [1.82, 2.24) is 0 Å². The van der Waals surface area contributed by atoms with Crippen LogP contribution in [-0.2, 0) is 14.2 Å². The summed E-state index contributed by atoms with van der Waals surface area (Å²) in [5, 5.41) is 10.3. The van der Waals surface area contributed by atoms with Gasteiger partial charge in [0.25, 0.3) is 0 Å². The first-order valence-corrected chi connectivity index (χ1v) is 7.35. The summed E-state index contributed by atoms with van der Waals surface area (Å²) in [5.41, 5.74) is 1.33. The van der Waals surface area contributed by atoms with Crippen molar-refractivity contribution >= 4 is 5.78 Å². The fourth-order valence-electron chi connectivity index (χ4n) is 3.38. The number of ketones is 1. The van der Waals surface area contributed by atoms with E-state index < -0.39 is 11.9 Å². The minimum atomic E-state index is -0.803. The standard InChI is InChI=1S/C17H20O6/c1-17(22-4)7-11-12(8-20-2)15(19)14-10(16(11)23-17)5-9(21-3)6-13(14)18/h5-6,8,11,16,18H,7H2,1-4H3/b12-8+/t11?,16-,17+/m0/s1. The maximum atomic E-state index is 12.8. The fourth-order valence-corrected chi connectivity index (χ4v) is 3.38. The first-order chi connectivity index (χ1) is 10.9. The number of ether oxygens (including phenoxy) is 4. The van der Waals surface area contributed by atoms with E-state index in [1.54, 1.807) is 13.2 Å². The van der Waals surface area contributed by atoms with Gasteiger partial charge in [-0.25, -0.2) is 0 Å². The monoisotopic (exact) mass is 320 g/mol. The molecule has 2 aliphatic rings. The molecule has 1 aliphatic carbocycles. The molecule has 1 fully saturated rings. The lowest BCUT2D eigenvalue weighted by Gasteiger charge is -2.29. The normalized spacial score (nSPS) is 31.0. The molecular weight excluding hydrogens is 300 g/mol. The van der Waals surface area contributed by atoms with Gasteiger partial charge in [-0.3, -0.25) is 4.79 Å². The van der Waals surface area contributed by atoms with Gasteiger partial charge in [0.05, 0.1) is 32.1 Å². The number of benzene rings is 1. The number of fused-ring (bicyclic) bond motifs is 3. The summed E-state index contributed by atoms with van der Waals surface area (Å²) in [6.45, 7) is 1.83. The van der Waals surface area contributed by atoms with Crippen molar-refractivity contribution in [3.8, 4) is 11.5 Å². The fraction of sp³-hybridized carbons (Fsp3) is 0.471. The predicted octanol–water partition coefficient (Wildman–Crippen LogP) is 2.57. The van der Waals surface area contributed by atoms with Crippen molar-refractivity contribution in [2.45, 2.75) is 25.2 Å². The predicted molar refractivity (Wildman–Crippen MR) is 81.4 cm³/mol. The summed E-state index contributed by atoms with van der Waals surface area (Å²) >= 11 is 0. The molecule has 0 spiro atoms. The molecule has 3 rings (SSSR count). The van der Waals surface area contributed by atoms with Crippen molar-refractivity contribution in [2.24, 2.45) is 5.92 Å². The van der Waals surface area contributed by atoms with Crippen molar-refractivity contribution in [1.29, 1.82) is 0 Å². The van der Waals surface area contributed by atoms with Gasteiger partial charge in [-0.05, 0) is 13.0 Å². The maximum absolute atomic E-state index is 12.8. The number of hydrogen-bond donors (Lipinski definition) is 1. The molecule has 0 bridgehead atoms. The third kappa shape index (κ3) is 2.38. The average Bonchev–Trinajstić information content (AvgIpc) is 2.89. The summed E-state index contributed by atoms with van der Waals surface area (Å²) in [5.74, 6) is -0.914. The van der Waals surface area contributed by atoms with Crippen LogP contribution in [0.2, 0.25) is 0 Å². The quantitative estimate of drug-likeness (QED) is 0.681. The molecule has 0 amide bonds. The first kappa shape index (κ1) is 15.8. The van der Waals surface area contributed by atoms with E-state index in [1.165, 1.54) is 26.5 Å². The van der Waals surface area contributed by atoms with Gasteiger partial charge in [0.2, 0.25) is 0 Å². The number of methoxy groups -OCH3 is 3. The summed E-state index contributed by atoms with van der Waals surface area (Å²) in [6, 6.07) is 3.15. The number of phenolic OH excluding ortho intramolecular Hbond substituents is 1. The first-order valence-electron chi connectivity index (χ1n) is 7.35. The van der Waals surface area contributed by atoms with Gasteiger partial charge in [-0.15, -0.1) is 0 Å². The van der Waals surface area contributed by atoms with E-state index in [4.69, 9.17) is 18.9 Å². The summed E-state index contributed by atoms with van der Waals surface area (Å²) in [7, 11) is 4.57. The van der Waals surface area contributed by atoms with Gasteiger partial charge in [0.15, 0.2) is 11.6 Å². The number of carbonyl (C=O) groups is 1. The van der Waals surface area contributed by atoms with Gasteiger partial charge in [-0.2, -0.15) is 0 Å². The minimum absolute atomic E-state index is 0.126. The van der Waals surface area contributed by atoms with E-state index in [0.29, 0.717) is 23.3 Å². The number of aromatic hydroxyl groups is 1. The Labute approximate surface area is 134 Å². The molecule has 0 radical (unpaired) electrons. The maximum Gasteiger partial charge on any atom is 0.196 e. The molecule has 6 heteroatoms. The molecule has 1 aromatic rings. The van der Waals surface area contributed by atoms with E-state index in [9.17, 15) is 9.90 Å². The van der Waals surface area contributed by atoms with E-state index in [-0.39, 0.29) is 23.0 Å². The SMILES string of the molecule is CO/C=C1/C(=O)c2c(O)cc(OC)cc2[C@@H]2O[C@@](C)(OC)CC12. The van der Waals surface area contributed by atoms with Gasteiger partial charge < -0.3 is 24.1 Å². The van der Waals surface area contributed by atoms with Crippen LogP contribution in [0.1, 0.15) is 35.4 Å². The van der Waals surface area contributed by atoms with Crippen molar-refractivity contribution in [3.63, 3.8) is 0 Å². The summed E-state index contributed by atoms with van der Waals surface area (Å²) < 4.78 is 21.8.